The van der Waals surface area contributed by atoms with Crippen LogP contribution in [0.15, 0.2) is 30.3 Å². The van der Waals surface area contributed by atoms with E-state index in [1.807, 2.05) is 0 Å². The Labute approximate surface area is 128 Å². The molecule has 0 saturated heterocycles. The van der Waals surface area contributed by atoms with Crippen LogP contribution >= 0.6 is 0 Å². The highest BCUT2D eigenvalue weighted by Crippen LogP contribution is 2.24. The Morgan fingerprint density at radius 2 is 1.95 bits per heavy atom. The number of nitrogens with one attached hydrogen (secondary N) is 1. The van der Waals surface area contributed by atoms with Gasteiger partial charge in [-0.15, -0.1) is 0 Å². The number of fused-ring (bicyclic) bond motifs is 1. The van der Waals surface area contributed by atoms with Crippen molar-refractivity contribution in [3.8, 4) is 0 Å². The van der Waals surface area contributed by atoms with Gasteiger partial charge in [0.2, 0.25) is 0 Å². The molecule has 1 aromatic carbocycles. The largest absolute Gasteiger partial charge is 0.354 e. The van der Waals surface area contributed by atoms with Gasteiger partial charge in [-0.1, -0.05) is 25.1 Å². The Morgan fingerprint density at radius 3 is 2.62 bits per heavy atom. The van der Waals surface area contributed by atoms with Crippen molar-refractivity contribution in [2.45, 2.75) is 46.7 Å². The van der Waals surface area contributed by atoms with Crippen LogP contribution in [0.4, 0.5) is 5.82 Å². The molecule has 0 saturated carbocycles. The van der Waals surface area contributed by atoms with Crippen LogP contribution in [0.2, 0.25) is 0 Å². The molecular formula is C18H27N3. The second kappa shape index (κ2) is 7.41. The maximum Gasteiger partial charge on any atom is 0.129 e. The lowest BCUT2D eigenvalue weighted by Gasteiger charge is -2.27. The molecule has 0 aliphatic heterocycles. The highest BCUT2D eigenvalue weighted by atomic mass is 15.2. The lowest BCUT2D eigenvalue weighted by Crippen LogP contribution is -2.31. The third-order valence-electron chi connectivity index (χ3n) is 3.79. The second-order valence-corrected chi connectivity index (χ2v) is 5.71. The average Bonchev–Trinajstić information content (AvgIpc) is 2.48. The van der Waals surface area contributed by atoms with Gasteiger partial charge in [-0.25, -0.2) is 4.98 Å². The van der Waals surface area contributed by atoms with Crippen LogP contribution in [-0.4, -0.2) is 24.1 Å². The summed E-state index contributed by atoms with van der Waals surface area (Å²) in [5, 5.41) is 4.76. The van der Waals surface area contributed by atoms with Crippen LogP contribution in [0, 0.1) is 0 Å². The fraction of sp³-hybridized carbons (Fsp3) is 0.500. The summed E-state index contributed by atoms with van der Waals surface area (Å²) in [7, 11) is 0. The normalized spacial score (nSPS) is 11.3. The summed E-state index contributed by atoms with van der Waals surface area (Å²) in [5.74, 6) is 1.08. The van der Waals surface area contributed by atoms with Crippen molar-refractivity contribution in [1.29, 1.82) is 0 Å². The first kappa shape index (κ1) is 15.8. The maximum absolute atomic E-state index is 4.85. The number of nitrogens with zero attached hydrogens (tertiary/aromatic N) is 2. The topological polar surface area (TPSA) is 28.2 Å². The zero-order valence-electron chi connectivity index (χ0n) is 13.7. The van der Waals surface area contributed by atoms with E-state index in [9.17, 15) is 0 Å². The third-order valence-corrected chi connectivity index (χ3v) is 3.79. The number of anilines is 1. The molecule has 0 spiro atoms. The highest BCUT2D eigenvalue weighted by Gasteiger charge is 2.13. The SMILES string of the molecule is CCCNCc1cc(N(CC)C(C)C)nc2ccccc12. The van der Waals surface area contributed by atoms with E-state index in [1.54, 1.807) is 0 Å². The van der Waals surface area contributed by atoms with Crippen molar-refractivity contribution in [3.63, 3.8) is 0 Å². The lowest BCUT2D eigenvalue weighted by molar-refractivity contribution is 0.673. The van der Waals surface area contributed by atoms with Gasteiger partial charge in [0.25, 0.3) is 0 Å². The molecule has 0 bridgehead atoms. The summed E-state index contributed by atoms with van der Waals surface area (Å²) in [6, 6.07) is 11.1. The fourth-order valence-corrected chi connectivity index (χ4v) is 2.72. The molecule has 1 heterocycles. The van der Waals surface area contributed by atoms with E-state index >= 15 is 0 Å². The number of aromatic nitrogens is 1. The summed E-state index contributed by atoms with van der Waals surface area (Å²) in [5.41, 5.74) is 2.42. The van der Waals surface area contributed by atoms with Gasteiger partial charge in [-0.3, -0.25) is 0 Å². The van der Waals surface area contributed by atoms with Crippen LogP contribution in [-0.2, 0) is 6.54 Å². The summed E-state index contributed by atoms with van der Waals surface area (Å²) in [4.78, 5) is 7.20. The van der Waals surface area contributed by atoms with Gasteiger partial charge in [0, 0.05) is 24.5 Å². The number of hydrogen-bond donors (Lipinski definition) is 1. The fourth-order valence-electron chi connectivity index (χ4n) is 2.72. The predicted octanol–water partition coefficient (Wildman–Crippen LogP) is 3.97. The molecule has 114 valence electrons. The van der Waals surface area contributed by atoms with E-state index < -0.39 is 0 Å². The Hall–Kier alpha value is -1.61. The predicted molar refractivity (Wildman–Crippen MR) is 91.9 cm³/mol. The summed E-state index contributed by atoms with van der Waals surface area (Å²) < 4.78 is 0. The van der Waals surface area contributed by atoms with Gasteiger partial charge in [0.1, 0.15) is 5.82 Å². The first-order valence-electron chi connectivity index (χ1n) is 8.03. The van der Waals surface area contributed by atoms with E-state index in [0.717, 1.165) is 37.4 Å². The van der Waals surface area contributed by atoms with Crippen molar-refractivity contribution in [2.24, 2.45) is 0 Å². The van der Waals surface area contributed by atoms with Crippen LogP contribution in [0.5, 0.6) is 0 Å². The Balaban J connectivity index is 2.43. The van der Waals surface area contributed by atoms with Crippen LogP contribution in [0.3, 0.4) is 0 Å². The number of pyridine rings is 1. The molecule has 0 fully saturated rings. The zero-order chi connectivity index (χ0) is 15.2. The smallest absolute Gasteiger partial charge is 0.129 e. The Kier molecular flexibility index (Phi) is 5.57. The summed E-state index contributed by atoms with van der Waals surface area (Å²) >= 11 is 0. The standard InChI is InChI=1S/C18H27N3/c1-5-11-19-13-15-12-18(21(6-2)14(3)4)20-17-10-8-7-9-16(15)17/h7-10,12,14,19H,5-6,11,13H2,1-4H3. The number of hydrogen-bond acceptors (Lipinski definition) is 3. The van der Waals surface area contributed by atoms with Crippen molar-refractivity contribution in [3.05, 3.63) is 35.9 Å². The first-order chi connectivity index (χ1) is 10.2. The lowest BCUT2D eigenvalue weighted by atomic mass is 10.1. The minimum atomic E-state index is 0.458. The molecule has 2 rings (SSSR count). The van der Waals surface area contributed by atoms with Crippen molar-refractivity contribution in [1.82, 2.24) is 10.3 Å². The summed E-state index contributed by atoms with van der Waals surface area (Å²) in [6.07, 6.45) is 1.16. The zero-order valence-corrected chi connectivity index (χ0v) is 13.7. The average molecular weight is 285 g/mol. The first-order valence-corrected chi connectivity index (χ1v) is 8.03. The van der Waals surface area contributed by atoms with Crippen molar-refractivity contribution in [2.75, 3.05) is 18.0 Å². The maximum atomic E-state index is 4.85. The minimum Gasteiger partial charge on any atom is -0.354 e. The molecule has 3 heteroatoms. The number of para-hydroxylation sites is 1. The van der Waals surface area contributed by atoms with Gasteiger partial charge in [0.15, 0.2) is 0 Å². The Bertz CT molecular complexity index is 578. The molecule has 0 atom stereocenters. The van der Waals surface area contributed by atoms with Gasteiger partial charge < -0.3 is 10.2 Å². The van der Waals surface area contributed by atoms with E-state index in [1.165, 1.54) is 10.9 Å². The number of benzene rings is 1. The molecule has 0 aliphatic carbocycles. The van der Waals surface area contributed by atoms with Crippen molar-refractivity contribution < 1.29 is 0 Å². The van der Waals surface area contributed by atoms with Gasteiger partial charge in [-0.2, -0.15) is 0 Å². The number of rotatable bonds is 7. The molecule has 0 unspecified atom stereocenters. The molecule has 1 N–H and O–H groups in total. The van der Waals surface area contributed by atoms with Gasteiger partial charge >= 0.3 is 0 Å². The minimum absolute atomic E-state index is 0.458. The molecule has 0 aliphatic rings. The second-order valence-electron chi connectivity index (χ2n) is 5.71. The van der Waals surface area contributed by atoms with Gasteiger partial charge in [0.05, 0.1) is 5.52 Å². The monoisotopic (exact) mass is 285 g/mol. The summed E-state index contributed by atoms with van der Waals surface area (Å²) in [6.45, 7) is 11.7. The third kappa shape index (κ3) is 3.73. The quantitative estimate of drug-likeness (QED) is 0.780. The molecule has 3 nitrogen and oxygen atoms in total. The van der Waals surface area contributed by atoms with Crippen molar-refractivity contribution >= 4 is 16.7 Å². The molecule has 2 aromatic rings. The van der Waals surface area contributed by atoms with Crippen LogP contribution < -0.4 is 10.2 Å². The van der Waals surface area contributed by atoms with E-state index in [2.05, 4.69) is 68.2 Å². The molecule has 21 heavy (non-hydrogen) atoms. The molecule has 0 amide bonds. The van der Waals surface area contributed by atoms with E-state index in [0.29, 0.717) is 6.04 Å². The molecule has 0 radical (unpaired) electrons. The van der Waals surface area contributed by atoms with E-state index in [4.69, 9.17) is 4.98 Å². The van der Waals surface area contributed by atoms with Gasteiger partial charge in [-0.05, 0) is 51.4 Å². The highest BCUT2D eigenvalue weighted by molar-refractivity contribution is 5.84. The van der Waals surface area contributed by atoms with Crippen LogP contribution in [0.25, 0.3) is 10.9 Å². The molecule has 1 aromatic heterocycles. The Morgan fingerprint density at radius 1 is 1.19 bits per heavy atom. The molecular weight excluding hydrogens is 258 g/mol. The van der Waals surface area contributed by atoms with E-state index in [-0.39, 0.29) is 0 Å². The van der Waals surface area contributed by atoms with Crippen LogP contribution in [0.1, 0.15) is 39.7 Å².